The molecule has 1 aromatic heterocycles. The third kappa shape index (κ3) is 3.34. The quantitative estimate of drug-likeness (QED) is 0.664. The maximum Gasteiger partial charge on any atom is 0.266 e. The van der Waals surface area contributed by atoms with E-state index in [-0.39, 0.29) is 5.82 Å². The van der Waals surface area contributed by atoms with Crippen LogP contribution in [0.25, 0.3) is 10.4 Å². The summed E-state index contributed by atoms with van der Waals surface area (Å²) in [6.45, 7) is 1.88. The molecule has 0 saturated heterocycles. The molecule has 0 fully saturated rings. The van der Waals surface area contributed by atoms with E-state index in [1.165, 1.54) is 27.8 Å². The lowest BCUT2D eigenvalue weighted by molar-refractivity contribution is 0.564. The second kappa shape index (κ2) is 6.62. The molecule has 0 aliphatic heterocycles. The molecule has 2 aromatic carbocycles. The lowest BCUT2D eigenvalue weighted by atomic mass is 10.1. The van der Waals surface area contributed by atoms with Crippen molar-refractivity contribution in [2.45, 2.75) is 6.92 Å². The number of nitrogens with zero attached hydrogens (tertiary/aromatic N) is 1. The second-order valence-electron chi connectivity index (χ2n) is 4.99. The minimum Gasteiger partial charge on any atom is -0.289 e. The van der Waals surface area contributed by atoms with Crippen LogP contribution in [0, 0.1) is 12.7 Å². The Morgan fingerprint density at radius 1 is 1.13 bits per heavy atom. The van der Waals surface area contributed by atoms with E-state index in [1.54, 1.807) is 23.6 Å². The molecule has 1 atom stereocenters. The molecule has 1 N–H and O–H groups in total. The normalized spacial score (nSPS) is 12.1. The molecular formula is C17H14FNO2S2. The van der Waals surface area contributed by atoms with Gasteiger partial charge in [-0.3, -0.25) is 4.55 Å². The van der Waals surface area contributed by atoms with E-state index in [0.717, 1.165) is 16.0 Å². The summed E-state index contributed by atoms with van der Waals surface area (Å²) in [4.78, 5) is 0.837. The molecule has 23 heavy (non-hydrogen) atoms. The van der Waals surface area contributed by atoms with E-state index in [1.807, 2.05) is 31.2 Å². The van der Waals surface area contributed by atoms with Crippen molar-refractivity contribution in [3.63, 3.8) is 0 Å². The highest BCUT2D eigenvalue weighted by Crippen LogP contribution is 2.36. The van der Waals surface area contributed by atoms with E-state index in [2.05, 4.69) is 0 Å². The summed E-state index contributed by atoms with van der Waals surface area (Å²) < 4.78 is 36.3. The first kappa shape index (κ1) is 15.9. The minimum atomic E-state index is -2.20. The van der Waals surface area contributed by atoms with Crippen LogP contribution < -0.4 is 4.31 Å². The van der Waals surface area contributed by atoms with Gasteiger partial charge in [0.2, 0.25) is 0 Å². The van der Waals surface area contributed by atoms with E-state index >= 15 is 0 Å². The molecule has 6 heteroatoms. The van der Waals surface area contributed by atoms with Crippen molar-refractivity contribution < 1.29 is 13.2 Å². The molecule has 0 amide bonds. The average Bonchev–Trinajstić information content (AvgIpc) is 2.99. The monoisotopic (exact) mass is 347 g/mol. The zero-order valence-electron chi connectivity index (χ0n) is 12.3. The van der Waals surface area contributed by atoms with Crippen molar-refractivity contribution in [1.29, 1.82) is 0 Å². The van der Waals surface area contributed by atoms with E-state index in [4.69, 9.17) is 0 Å². The van der Waals surface area contributed by atoms with Gasteiger partial charge in [0.15, 0.2) is 0 Å². The molecule has 1 heterocycles. The highest BCUT2D eigenvalue weighted by atomic mass is 32.2. The van der Waals surface area contributed by atoms with E-state index in [9.17, 15) is 13.2 Å². The van der Waals surface area contributed by atoms with Gasteiger partial charge in [0, 0.05) is 10.3 Å². The fourth-order valence-corrected chi connectivity index (χ4v) is 3.93. The summed E-state index contributed by atoms with van der Waals surface area (Å²) in [5.41, 5.74) is 2.91. The maximum absolute atomic E-state index is 13.4. The number of benzene rings is 2. The van der Waals surface area contributed by atoms with Crippen LogP contribution in [-0.2, 0) is 11.3 Å². The van der Waals surface area contributed by atoms with Crippen LogP contribution in [0.15, 0.2) is 60.0 Å². The molecule has 0 aliphatic rings. The number of para-hydroxylation sites is 1. The standard InChI is InChI=1S/C17H14FNO2S2/c1-12-5-2-3-8-16(12)19(23(20)21)15-10-17(22-11-15)13-6-4-7-14(18)9-13/h2-11H,1H3,(H,20,21). The molecule has 1 unspecified atom stereocenters. The van der Waals surface area contributed by atoms with Gasteiger partial charge in [-0.1, -0.05) is 30.3 Å². The SMILES string of the molecule is Cc1ccccc1N(c1csc(-c2cccc(F)c2)c1)S(=O)O. The average molecular weight is 347 g/mol. The maximum atomic E-state index is 13.4. The largest absolute Gasteiger partial charge is 0.289 e. The van der Waals surface area contributed by atoms with Crippen molar-refractivity contribution in [3.8, 4) is 10.4 Å². The Balaban J connectivity index is 2.03. The highest BCUT2D eigenvalue weighted by Gasteiger charge is 2.18. The molecular weight excluding hydrogens is 333 g/mol. The predicted molar refractivity (Wildman–Crippen MR) is 93.8 cm³/mol. The van der Waals surface area contributed by atoms with Gasteiger partial charge in [-0.05, 0) is 42.3 Å². The smallest absolute Gasteiger partial charge is 0.266 e. The highest BCUT2D eigenvalue weighted by molar-refractivity contribution is 7.81. The Labute approximate surface area is 140 Å². The van der Waals surface area contributed by atoms with Crippen LogP contribution in [0.1, 0.15) is 5.56 Å². The van der Waals surface area contributed by atoms with E-state index < -0.39 is 11.3 Å². The van der Waals surface area contributed by atoms with Crippen molar-refractivity contribution in [2.24, 2.45) is 0 Å². The lowest BCUT2D eigenvalue weighted by Gasteiger charge is -2.20. The topological polar surface area (TPSA) is 40.5 Å². The third-order valence-corrected chi connectivity index (χ3v) is 5.11. The molecule has 0 bridgehead atoms. The van der Waals surface area contributed by atoms with Crippen molar-refractivity contribution >= 4 is 34.0 Å². The molecule has 0 saturated carbocycles. The van der Waals surface area contributed by atoms with Crippen molar-refractivity contribution in [1.82, 2.24) is 0 Å². The number of hydrogen-bond donors (Lipinski definition) is 1. The molecule has 0 aliphatic carbocycles. The Morgan fingerprint density at radius 3 is 2.61 bits per heavy atom. The van der Waals surface area contributed by atoms with Gasteiger partial charge < -0.3 is 0 Å². The van der Waals surface area contributed by atoms with Crippen LogP contribution in [0.4, 0.5) is 15.8 Å². The first-order valence-electron chi connectivity index (χ1n) is 6.87. The van der Waals surface area contributed by atoms with Gasteiger partial charge in [-0.2, -0.15) is 0 Å². The Bertz CT molecular complexity index is 863. The summed E-state index contributed by atoms with van der Waals surface area (Å²) in [6, 6.07) is 15.5. The van der Waals surface area contributed by atoms with E-state index in [0.29, 0.717) is 11.4 Å². The van der Waals surface area contributed by atoms with Gasteiger partial charge in [-0.25, -0.2) is 12.9 Å². The van der Waals surface area contributed by atoms with Crippen molar-refractivity contribution in [2.75, 3.05) is 4.31 Å². The van der Waals surface area contributed by atoms with Gasteiger partial charge >= 0.3 is 0 Å². The first-order valence-corrected chi connectivity index (χ1v) is 8.82. The molecule has 118 valence electrons. The predicted octanol–water partition coefficient (Wildman–Crippen LogP) is 5.14. The number of halogens is 1. The summed E-state index contributed by atoms with van der Waals surface area (Å²) in [6.07, 6.45) is 0. The fraction of sp³-hybridized carbons (Fsp3) is 0.0588. The van der Waals surface area contributed by atoms with Crippen LogP contribution in [-0.4, -0.2) is 8.76 Å². The van der Waals surface area contributed by atoms with Crippen LogP contribution in [0.3, 0.4) is 0 Å². The van der Waals surface area contributed by atoms with Gasteiger partial charge in [0.05, 0.1) is 11.4 Å². The second-order valence-corrected chi connectivity index (χ2v) is 6.73. The summed E-state index contributed by atoms with van der Waals surface area (Å²) in [5.74, 6) is -0.307. The molecule has 3 rings (SSSR count). The Hall–Kier alpha value is -2.02. The molecule has 3 aromatic rings. The van der Waals surface area contributed by atoms with Crippen LogP contribution in [0.2, 0.25) is 0 Å². The van der Waals surface area contributed by atoms with Crippen LogP contribution >= 0.6 is 11.3 Å². The van der Waals surface area contributed by atoms with Crippen LogP contribution in [0.5, 0.6) is 0 Å². The van der Waals surface area contributed by atoms with Gasteiger partial charge in [0.1, 0.15) is 5.82 Å². The first-order chi connectivity index (χ1) is 11.1. The fourth-order valence-electron chi connectivity index (χ4n) is 2.33. The zero-order chi connectivity index (χ0) is 16.4. The minimum absolute atomic E-state index is 0.307. The lowest BCUT2D eigenvalue weighted by Crippen LogP contribution is -2.19. The Morgan fingerprint density at radius 2 is 1.91 bits per heavy atom. The summed E-state index contributed by atoms with van der Waals surface area (Å²) in [7, 11) is 0. The zero-order valence-corrected chi connectivity index (χ0v) is 13.9. The summed E-state index contributed by atoms with van der Waals surface area (Å²) in [5, 5.41) is 1.79. The number of hydrogen-bond acceptors (Lipinski definition) is 2. The molecule has 3 nitrogen and oxygen atoms in total. The number of aryl methyl sites for hydroxylation is 1. The van der Waals surface area contributed by atoms with Gasteiger partial charge in [-0.15, -0.1) is 11.3 Å². The number of thiophene rings is 1. The summed E-state index contributed by atoms with van der Waals surface area (Å²) >= 11 is -0.793. The van der Waals surface area contributed by atoms with Crippen molar-refractivity contribution in [3.05, 3.63) is 71.4 Å². The molecule has 0 spiro atoms. The number of rotatable bonds is 4. The third-order valence-electron chi connectivity index (χ3n) is 3.42. The molecule has 0 radical (unpaired) electrons. The van der Waals surface area contributed by atoms with Gasteiger partial charge in [0.25, 0.3) is 11.3 Å². The number of anilines is 2. The Kier molecular flexibility index (Phi) is 4.56.